The van der Waals surface area contributed by atoms with Gasteiger partial charge in [0.05, 0.1) is 0 Å². The van der Waals surface area contributed by atoms with E-state index >= 15 is 0 Å². The van der Waals surface area contributed by atoms with Crippen molar-refractivity contribution in [3.8, 4) is 0 Å². The van der Waals surface area contributed by atoms with Crippen LogP contribution < -0.4 is 16.0 Å². The molecule has 3 rings (SSSR count). The van der Waals surface area contributed by atoms with Gasteiger partial charge in [-0.2, -0.15) is 0 Å². The van der Waals surface area contributed by atoms with E-state index in [1.54, 1.807) is 12.1 Å². The van der Waals surface area contributed by atoms with Gasteiger partial charge >= 0.3 is 6.03 Å². The summed E-state index contributed by atoms with van der Waals surface area (Å²) in [4.78, 5) is 12.0. The molecule has 0 bridgehead atoms. The quantitative estimate of drug-likeness (QED) is 0.779. The van der Waals surface area contributed by atoms with Gasteiger partial charge in [-0.05, 0) is 55.5 Å². The average molecular weight is 341 g/mol. The van der Waals surface area contributed by atoms with Crippen LogP contribution in [0.5, 0.6) is 0 Å². The molecule has 5 heteroatoms. The van der Waals surface area contributed by atoms with Crippen LogP contribution in [0.4, 0.5) is 14.9 Å². The van der Waals surface area contributed by atoms with Gasteiger partial charge in [-0.3, -0.25) is 0 Å². The number of halogens is 1. The molecule has 4 nitrogen and oxygen atoms in total. The van der Waals surface area contributed by atoms with Crippen molar-refractivity contribution >= 4 is 11.7 Å². The molecule has 2 amide bonds. The van der Waals surface area contributed by atoms with E-state index in [1.807, 2.05) is 6.07 Å². The lowest BCUT2D eigenvalue weighted by Crippen LogP contribution is -2.47. The summed E-state index contributed by atoms with van der Waals surface area (Å²) in [5, 5.41) is 8.99. The summed E-state index contributed by atoms with van der Waals surface area (Å²) in [6.07, 6.45) is 3.27. The summed E-state index contributed by atoms with van der Waals surface area (Å²) in [5.41, 5.74) is 1.82. The predicted octanol–water partition coefficient (Wildman–Crippen LogP) is 3.56. The minimum absolute atomic E-state index is 0.265. The van der Waals surface area contributed by atoms with Gasteiger partial charge in [0, 0.05) is 18.3 Å². The number of hydrogen-bond donors (Lipinski definition) is 3. The molecule has 0 aromatic heterocycles. The minimum Gasteiger partial charge on any atom is -0.336 e. The van der Waals surface area contributed by atoms with E-state index in [1.165, 1.54) is 17.7 Å². The van der Waals surface area contributed by atoms with E-state index in [9.17, 15) is 9.18 Å². The van der Waals surface area contributed by atoms with Crippen LogP contribution in [0, 0.1) is 11.7 Å². The number of amides is 2. The maximum absolute atomic E-state index is 13.1. The zero-order valence-corrected chi connectivity index (χ0v) is 14.2. The standard InChI is InChI=1S/C20H24FN3O/c21-17-7-4-8-18(13-17)24-20(25)23-14-19-12-16(9-10-22-19)11-15-5-2-1-3-6-15/h1-8,13,16,19,22H,9-12,14H2,(H2,23,24,25)/t16-,19-/m1/s1. The van der Waals surface area contributed by atoms with Crippen molar-refractivity contribution in [2.24, 2.45) is 5.92 Å². The first-order chi connectivity index (χ1) is 12.2. The number of carbonyl (C=O) groups excluding carboxylic acids is 1. The molecule has 1 aliphatic rings. The van der Waals surface area contributed by atoms with E-state index in [2.05, 4.69) is 40.2 Å². The van der Waals surface area contributed by atoms with Gasteiger partial charge in [0.1, 0.15) is 5.82 Å². The van der Waals surface area contributed by atoms with Gasteiger partial charge in [0.2, 0.25) is 0 Å². The van der Waals surface area contributed by atoms with Gasteiger partial charge in [0.15, 0.2) is 0 Å². The van der Waals surface area contributed by atoms with Crippen molar-refractivity contribution in [1.29, 1.82) is 0 Å². The molecule has 0 unspecified atom stereocenters. The first kappa shape index (κ1) is 17.4. The summed E-state index contributed by atoms with van der Waals surface area (Å²) >= 11 is 0. The Labute approximate surface area is 147 Å². The minimum atomic E-state index is -0.365. The highest BCUT2D eigenvalue weighted by atomic mass is 19.1. The van der Waals surface area contributed by atoms with Gasteiger partial charge in [-0.15, -0.1) is 0 Å². The number of carbonyl (C=O) groups is 1. The zero-order valence-electron chi connectivity index (χ0n) is 14.2. The van der Waals surface area contributed by atoms with Crippen molar-refractivity contribution in [2.45, 2.75) is 25.3 Å². The Balaban J connectivity index is 1.44. The molecule has 1 fully saturated rings. The molecule has 1 aliphatic heterocycles. The van der Waals surface area contributed by atoms with E-state index < -0.39 is 0 Å². The molecular weight excluding hydrogens is 317 g/mol. The SMILES string of the molecule is O=C(NC[C@H]1C[C@@H](Cc2ccccc2)CCN1)Nc1cccc(F)c1. The third kappa shape index (κ3) is 5.57. The first-order valence-electron chi connectivity index (χ1n) is 8.77. The topological polar surface area (TPSA) is 53.2 Å². The monoisotopic (exact) mass is 341 g/mol. The highest BCUT2D eigenvalue weighted by Crippen LogP contribution is 2.21. The lowest BCUT2D eigenvalue weighted by Gasteiger charge is -2.30. The number of rotatable bonds is 5. The predicted molar refractivity (Wildman–Crippen MR) is 98.1 cm³/mol. The molecule has 2 aromatic rings. The van der Waals surface area contributed by atoms with E-state index in [-0.39, 0.29) is 17.9 Å². The molecule has 1 heterocycles. The fraction of sp³-hybridized carbons (Fsp3) is 0.350. The first-order valence-corrected chi connectivity index (χ1v) is 8.77. The molecule has 3 N–H and O–H groups in total. The maximum Gasteiger partial charge on any atom is 0.319 e. The highest BCUT2D eigenvalue weighted by molar-refractivity contribution is 5.89. The third-order valence-corrected chi connectivity index (χ3v) is 4.56. The summed E-state index contributed by atoms with van der Waals surface area (Å²) in [6, 6.07) is 16.4. The molecule has 2 aromatic carbocycles. The average Bonchev–Trinajstić information content (AvgIpc) is 2.61. The van der Waals surface area contributed by atoms with Crippen molar-refractivity contribution in [1.82, 2.24) is 10.6 Å². The largest absolute Gasteiger partial charge is 0.336 e. The summed E-state index contributed by atoms with van der Waals surface area (Å²) in [6.45, 7) is 1.53. The summed E-state index contributed by atoms with van der Waals surface area (Å²) < 4.78 is 13.1. The molecule has 2 atom stereocenters. The van der Waals surface area contributed by atoms with Crippen LogP contribution in [0.3, 0.4) is 0 Å². The van der Waals surface area contributed by atoms with Crippen molar-refractivity contribution in [2.75, 3.05) is 18.4 Å². The Kier molecular flexibility index (Phi) is 6.01. The van der Waals surface area contributed by atoms with Gasteiger partial charge in [0.25, 0.3) is 0 Å². The number of nitrogens with one attached hydrogen (secondary N) is 3. The molecule has 1 saturated heterocycles. The van der Waals surface area contributed by atoms with Gasteiger partial charge in [-0.25, -0.2) is 9.18 Å². The molecule has 0 saturated carbocycles. The second-order valence-electron chi connectivity index (χ2n) is 6.58. The Morgan fingerprint density at radius 1 is 1.16 bits per heavy atom. The number of urea groups is 1. The normalized spacial score (nSPS) is 20.0. The Hall–Kier alpha value is -2.40. The summed E-state index contributed by atoms with van der Waals surface area (Å²) in [5.74, 6) is 0.261. The van der Waals surface area contributed by atoms with Crippen LogP contribution in [-0.2, 0) is 6.42 Å². The number of anilines is 1. The van der Waals surface area contributed by atoms with Crippen LogP contribution >= 0.6 is 0 Å². The molecule has 132 valence electrons. The van der Waals surface area contributed by atoms with Gasteiger partial charge < -0.3 is 16.0 Å². The van der Waals surface area contributed by atoms with Crippen molar-refractivity contribution in [3.05, 3.63) is 66.0 Å². The van der Waals surface area contributed by atoms with E-state index in [0.29, 0.717) is 18.2 Å². The number of benzene rings is 2. The number of hydrogen-bond acceptors (Lipinski definition) is 2. The molecule has 0 spiro atoms. The Morgan fingerprint density at radius 3 is 2.80 bits per heavy atom. The zero-order chi connectivity index (χ0) is 17.5. The smallest absolute Gasteiger partial charge is 0.319 e. The van der Waals surface area contributed by atoms with Crippen molar-refractivity contribution in [3.63, 3.8) is 0 Å². The molecule has 0 aliphatic carbocycles. The Morgan fingerprint density at radius 2 is 2.00 bits per heavy atom. The van der Waals surface area contributed by atoms with Crippen LogP contribution in [-0.4, -0.2) is 25.2 Å². The van der Waals surface area contributed by atoms with Gasteiger partial charge in [-0.1, -0.05) is 36.4 Å². The highest BCUT2D eigenvalue weighted by Gasteiger charge is 2.22. The van der Waals surface area contributed by atoms with Crippen LogP contribution in [0.1, 0.15) is 18.4 Å². The molecule has 0 radical (unpaired) electrons. The van der Waals surface area contributed by atoms with Crippen LogP contribution in [0.25, 0.3) is 0 Å². The third-order valence-electron chi connectivity index (χ3n) is 4.56. The van der Waals surface area contributed by atoms with Crippen LogP contribution in [0.15, 0.2) is 54.6 Å². The second-order valence-corrected chi connectivity index (χ2v) is 6.58. The fourth-order valence-corrected chi connectivity index (χ4v) is 3.34. The molecule has 25 heavy (non-hydrogen) atoms. The fourth-order valence-electron chi connectivity index (χ4n) is 3.34. The second kappa shape index (κ2) is 8.62. The Bertz CT molecular complexity index is 692. The van der Waals surface area contributed by atoms with E-state index in [0.717, 1.165) is 25.8 Å². The molecular formula is C20H24FN3O. The van der Waals surface area contributed by atoms with Crippen molar-refractivity contribution < 1.29 is 9.18 Å². The maximum atomic E-state index is 13.1. The lowest BCUT2D eigenvalue weighted by molar-refractivity contribution is 0.246. The van der Waals surface area contributed by atoms with Crippen LogP contribution in [0.2, 0.25) is 0 Å². The lowest BCUT2D eigenvalue weighted by atomic mass is 9.87. The number of piperidine rings is 1. The van der Waals surface area contributed by atoms with E-state index in [4.69, 9.17) is 0 Å². The summed E-state index contributed by atoms with van der Waals surface area (Å²) in [7, 11) is 0.